The topological polar surface area (TPSA) is 8.17 Å². The van der Waals surface area contributed by atoms with E-state index in [0.29, 0.717) is 0 Å². The zero-order valence-electron chi connectivity index (χ0n) is 22.9. The summed E-state index contributed by atoms with van der Waals surface area (Å²) < 4.78 is 2.36. The largest absolute Gasteiger partial charge is 0.341 e. The van der Waals surface area contributed by atoms with Gasteiger partial charge in [-0.25, -0.2) is 0 Å². The fraction of sp³-hybridized carbons (Fsp3) is 0.0769. The molecule has 1 aliphatic rings. The molecule has 0 bridgehead atoms. The second-order valence-electron chi connectivity index (χ2n) is 10.9. The minimum absolute atomic E-state index is 1.07. The molecule has 1 aromatic heterocycles. The van der Waals surface area contributed by atoms with Gasteiger partial charge in [-0.05, 0) is 83.1 Å². The minimum atomic E-state index is 1.07. The van der Waals surface area contributed by atoms with E-state index in [1.54, 1.807) is 0 Å². The lowest BCUT2D eigenvalue weighted by molar-refractivity contribution is 0.767. The van der Waals surface area contributed by atoms with E-state index in [-0.39, 0.29) is 0 Å². The third-order valence-electron chi connectivity index (χ3n) is 8.55. The molecule has 2 heterocycles. The summed E-state index contributed by atoms with van der Waals surface area (Å²) in [5, 5.41) is 2.58. The van der Waals surface area contributed by atoms with Crippen LogP contribution < -0.4 is 4.90 Å². The first-order valence-electron chi connectivity index (χ1n) is 14.5. The summed E-state index contributed by atoms with van der Waals surface area (Å²) in [6.07, 6.45) is 2.36. The van der Waals surface area contributed by atoms with Crippen LogP contribution in [-0.4, -0.2) is 11.1 Å². The SMILES string of the molecule is c1ccc2c(c1)CCCN2c1ccc(-c2ccc(-c3ccc(-n4c5ccccc5c5ccccc54)cc3)cc2)cc1. The lowest BCUT2D eigenvalue weighted by Gasteiger charge is -2.31. The van der Waals surface area contributed by atoms with Gasteiger partial charge in [-0.15, -0.1) is 0 Å². The van der Waals surface area contributed by atoms with Crippen LogP contribution in [0.5, 0.6) is 0 Å². The van der Waals surface area contributed by atoms with Gasteiger partial charge in [-0.1, -0.05) is 103 Å². The van der Waals surface area contributed by atoms with Gasteiger partial charge < -0.3 is 9.47 Å². The molecule has 7 aromatic rings. The number of benzene rings is 6. The number of rotatable bonds is 4. The molecule has 0 unspecified atom stereocenters. The summed E-state index contributed by atoms with van der Waals surface area (Å²) >= 11 is 0. The molecule has 0 saturated carbocycles. The summed E-state index contributed by atoms with van der Waals surface area (Å²) in [5.74, 6) is 0. The Balaban J connectivity index is 1.05. The first kappa shape index (κ1) is 23.8. The van der Waals surface area contributed by atoms with Crippen LogP contribution in [0, 0.1) is 0 Å². The molecular formula is C39H30N2. The lowest BCUT2D eigenvalue weighted by Crippen LogP contribution is -2.24. The maximum atomic E-state index is 2.45. The summed E-state index contributed by atoms with van der Waals surface area (Å²) in [6.45, 7) is 1.07. The smallest absolute Gasteiger partial charge is 0.0541 e. The molecule has 1 aliphatic heterocycles. The van der Waals surface area contributed by atoms with Crippen molar-refractivity contribution in [2.75, 3.05) is 11.4 Å². The van der Waals surface area contributed by atoms with Crippen LogP contribution in [0.2, 0.25) is 0 Å². The maximum Gasteiger partial charge on any atom is 0.0541 e. The average molecular weight is 527 g/mol. The molecule has 2 nitrogen and oxygen atoms in total. The van der Waals surface area contributed by atoms with Gasteiger partial charge in [0, 0.05) is 34.4 Å². The monoisotopic (exact) mass is 526 g/mol. The molecule has 0 spiro atoms. The predicted octanol–water partition coefficient (Wildman–Crippen LogP) is 10.2. The van der Waals surface area contributed by atoms with Crippen molar-refractivity contribution in [3.63, 3.8) is 0 Å². The van der Waals surface area contributed by atoms with Crippen molar-refractivity contribution in [1.29, 1.82) is 0 Å². The highest BCUT2D eigenvalue weighted by Crippen LogP contribution is 2.35. The van der Waals surface area contributed by atoms with E-state index in [1.165, 1.54) is 79.5 Å². The molecule has 0 fully saturated rings. The second kappa shape index (κ2) is 9.83. The standard InChI is InChI=1S/C39H30N2/c1-4-12-37-32(8-1)9-7-27-40(37)33-23-19-30(20-24-33)28-15-17-29(18-16-28)31-21-25-34(26-22-31)41-38-13-5-2-10-35(38)36-11-3-6-14-39(36)41/h1-6,8,10-26H,7,9,27H2. The Hall–Kier alpha value is -5.08. The predicted molar refractivity (Wildman–Crippen MR) is 173 cm³/mol. The van der Waals surface area contributed by atoms with E-state index < -0.39 is 0 Å². The third kappa shape index (κ3) is 4.11. The highest BCUT2D eigenvalue weighted by atomic mass is 15.1. The van der Waals surface area contributed by atoms with Crippen LogP contribution >= 0.6 is 0 Å². The maximum absolute atomic E-state index is 2.45. The molecule has 0 saturated heterocycles. The highest BCUT2D eigenvalue weighted by molar-refractivity contribution is 6.09. The molecule has 6 aromatic carbocycles. The number of anilines is 2. The van der Waals surface area contributed by atoms with Crippen molar-refractivity contribution < 1.29 is 0 Å². The molecule has 0 radical (unpaired) electrons. The molecule has 2 heteroatoms. The summed E-state index contributed by atoms with van der Waals surface area (Å²) in [7, 11) is 0. The van der Waals surface area contributed by atoms with Crippen LogP contribution in [0.3, 0.4) is 0 Å². The van der Waals surface area contributed by atoms with Gasteiger partial charge in [-0.2, -0.15) is 0 Å². The van der Waals surface area contributed by atoms with Crippen molar-refractivity contribution in [1.82, 2.24) is 4.57 Å². The van der Waals surface area contributed by atoms with E-state index in [1.807, 2.05) is 0 Å². The average Bonchev–Trinajstić information content (AvgIpc) is 3.39. The van der Waals surface area contributed by atoms with Crippen LogP contribution in [0.25, 0.3) is 49.7 Å². The molecular weight excluding hydrogens is 496 g/mol. The number of aryl methyl sites for hydroxylation is 1. The van der Waals surface area contributed by atoms with Crippen LogP contribution in [0.15, 0.2) is 146 Å². The molecule has 41 heavy (non-hydrogen) atoms. The van der Waals surface area contributed by atoms with Gasteiger partial charge in [0.25, 0.3) is 0 Å². The molecule has 8 rings (SSSR count). The quantitative estimate of drug-likeness (QED) is 0.221. The van der Waals surface area contributed by atoms with Crippen LogP contribution in [-0.2, 0) is 6.42 Å². The second-order valence-corrected chi connectivity index (χ2v) is 10.9. The lowest BCUT2D eigenvalue weighted by atomic mass is 9.99. The number of hydrogen-bond acceptors (Lipinski definition) is 1. The van der Waals surface area contributed by atoms with Crippen molar-refractivity contribution in [3.05, 3.63) is 151 Å². The van der Waals surface area contributed by atoms with Crippen LogP contribution in [0.4, 0.5) is 11.4 Å². The zero-order chi connectivity index (χ0) is 27.2. The van der Waals surface area contributed by atoms with Gasteiger partial charge in [-0.3, -0.25) is 0 Å². The van der Waals surface area contributed by atoms with Crippen molar-refractivity contribution in [2.24, 2.45) is 0 Å². The number of para-hydroxylation sites is 3. The van der Waals surface area contributed by atoms with Gasteiger partial charge in [0.2, 0.25) is 0 Å². The van der Waals surface area contributed by atoms with Gasteiger partial charge in [0.1, 0.15) is 0 Å². The highest BCUT2D eigenvalue weighted by Gasteiger charge is 2.17. The number of fused-ring (bicyclic) bond motifs is 4. The summed E-state index contributed by atoms with van der Waals surface area (Å²) in [6, 6.07) is 53.0. The van der Waals surface area contributed by atoms with Crippen molar-refractivity contribution in [3.8, 4) is 27.9 Å². The molecule has 196 valence electrons. The molecule has 0 atom stereocenters. The van der Waals surface area contributed by atoms with Crippen molar-refractivity contribution >= 4 is 33.2 Å². The molecule has 0 N–H and O–H groups in total. The minimum Gasteiger partial charge on any atom is -0.341 e. The first-order chi connectivity index (χ1) is 20.3. The number of hydrogen-bond donors (Lipinski definition) is 0. The number of nitrogens with zero attached hydrogens (tertiary/aromatic N) is 2. The summed E-state index contributed by atoms with van der Waals surface area (Å²) in [4.78, 5) is 2.45. The zero-order valence-corrected chi connectivity index (χ0v) is 22.9. The fourth-order valence-corrected chi connectivity index (χ4v) is 6.49. The Bertz CT molecular complexity index is 1940. The van der Waals surface area contributed by atoms with Gasteiger partial charge >= 0.3 is 0 Å². The van der Waals surface area contributed by atoms with E-state index >= 15 is 0 Å². The van der Waals surface area contributed by atoms with Gasteiger partial charge in [0.05, 0.1) is 11.0 Å². The van der Waals surface area contributed by atoms with Crippen molar-refractivity contribution in [2.45, 2.75) is 12.8 Å². The Morgan fingerprint density at radius 1 is 0.415 bits per heavy atom. The Morgan fingerprint density at radius 3 is 1.46 bits per heavy atom. The van der Waals surface area contributed by atoms with Gasteiger partial charge in [0.15, 0.2) is 0 Å². The Labute approximate surface area is 240 Å². The number of aromatic nitrogens is 1. The van der Waals surface area contributed by atoms with E-state index in [9.17, 15) is 0 Å². The Kier molecular flexibility index (Phi) is 5.70. The summed E-state index contributed by atoms with van der Waals surface area (Å²) in [5.41, 5.74) is 12.6. The fourth-order valence-electron chi connectivity index (χ4n) is 6.49. The van der Waals surface area contributed by atoms with E-state index in [4.69, 9.17) is 0 Å². The van der Waals surface area contributed by atoms with E-state index in [0.717, 1.165) is 6.54 Å². The normalized spacial score (nSPS) is 13.0. The van der Waals surface area contributed by atoms with E-state index in [2.05, 4.69) is 155 Å². The third-order valence-corrected chi connectivity index (χ3v) is 8.55. The molecule has 0 aliphatic carbocycles. The molecule has 0 amide bonds. The Morgan fingerprint density at radius 2 is 0.878 bits per heavy atom. The first-order valence-corrected chi connectivity index (χ1v) is 14.5. The van der Waals surface area contributed by atoms with Crippen LogP contribution in [0.1, 0.15) is 12.0 Å².